The summed E-state index contributed by atoms with van der Waals surface area (Å²) in [6, 6.07) is 0. The van der Waals surface area contributed by atoms with Crippen molar-refractivity contribution in [3.8, 4) is 0 Å². The van der Waals surface area contributed by atoms with Crippen LogP contribution in [0.5, 0.6) is 0 Å². The topological polar surface area (TPSA) is 49.7 Å². The summed E-state index contributed by atoms with van der Waals surface area (Å²) < 4.78 is 6.32. The van der Waals surface area contributed by atoms with Crippen LogP contribution in [-0.2, 0) is 4.74 Å². The third kappa shape index (κ3) is 9.07. The van der Waals surface area contributed by atoms with E-state index in [0.717, 1.165) is 51.4 Å². The summed E-state index contributed by atoms with van der Waals surface area (Å²) in [4.78, 5) is 0. The fraction of sp³-hybridized carbons (Fsp3) is 0.778. The predicted octanol–water partition coefficient (Wildman–Crippen LogP) is 4.00. The van der Waals surface area contributed by atoms with Crippen LogP contribution >= 0.6 is 0 Å². The van der Waals surface area contributed by atoms with Crippen LogP contribution in [0.15, 0.2) is 25.3 Å². The summed E-state index contributed by atoms with van der Waals surface area (Å²) in [6.45, 7) is 12.5. The molecule has 0 heterocycles. The van der Waals surface area contributed by atoms with Crippen molar-refractivity contribution < 1.29 is 14.9 Å². The summed E-state index contributed by atoms with van der Waals surface area (Å²) in [7, 11) is 0. The van der Waals surface area contributed by atoms with Crippen LogP contribution < -0.4 is 0 Å². The first-order valence-electron chi connectivity index (χ1n) is 8.14. The van der Waals surface area contributed by atoms with E-state index in [1.807, 2.05) is 12.2 Å². The highest BCUT2D eigenvalue weighted by Crippen LogP contribution is 2.31. The van der Waals surface area contributed by atoms with Gasteiger partial charge in [-0.2, -0.15) is 0 Å². The van der Waals surface area contributed by atoms with Crippen LogP contribution in [0.25, 0.3) is 0 Å². The number of hydrogen-bond acceptors (Lipinski definition) is 3. The molecule has 0 amide bonds. The molecule has 3 heteroatoms. The van der Waals surface area contributed by atoms with Crippen LogP contribution in [0, 0.1) is 0 Å². The fourth-order valence-electron chi connectivity index (χ4n) is 2.45. The Morgan fingerprint density at radius 2 is 1.14 bits per heavy atom. The quantitative estimate of drug-likeness (QED) is 0.376. The maximum Gasteiger partial charge on any atom is 0.0843 e. The van der Waals surface area contributed by atoms with Crippen molar-refractivity contribution in [2.75, 3.05) is 13.2 Å². The predicted molar refractivity (Wildman–Crippen MR) is 89.4 cm³/mol. The van der Waals surface area contributed by atoms with Gasteiger partial charge in [0.2, 0.25) is 0 Å². The summed E-state index contributed by atoms with van der Waals surface area (Å²) >= 11 is 0. The minimum atomic E-state index is -0.366. The molecule has 2 unspecified atom stereocenters. The molecule has 2 atom stereocenters. The second-order valence-corrected chi connectivity index (χ2v) is 6.20. The second kappa shape index (κ2) is 11.0. The summed E-state index contributed by atoms with van der Waals surface area (Å²) in [5.74, 6) is 0. The molecule has 2 N–H and O–H groups in total. The number of aliphatic hydroxyl groups is 2. The molecule has 0 fully saturated rings. The zero-order valence-corrected chi connectivity index (χ0v) is 13.9. The highest BCUT2D eigenvalue weighted by molar-refractivity contribution is 5.01. The van der Waals surface area contributed by atoms with E-state index >= 15 is 0 Å². The van der Waals surface area contributed by atoms with Crippen molar-refractivity contribution in [2.24, 2.45) is 0 Å². The van der Waals surface area contributed by atoms with E-state index in [-0.39, 0.29) is 24.4 Å². The molecule has 0 aliphatic rings. The number of unbranched alkanes of at least 4 members (excludes halogenated alkanes) is 4. The van der Waals surface area contributed by atoms with Crippen LogP contribution in [0.3, 0.4) is 0 Å². The lowest BCUT2D eigenvalue weighted by Crippen LogP contribution is -2.38. The number of hydrogen-bond donors (Lipinski definition) is 2. The highest BCUT2D eigenvalue weighted by Gasteiger charge is 2.31. The molecular weight excluding hydrogens is 264 g/mol. The van der Waals surface area contributed by atoms with Gasteiger partial charge < -0.3 is 14.9 Å². The van der Waals surface area contributed by atoms with Gasteiger partial charge in [-0.15, -0.1) is 13.2 Å². The molecule has 0 bridgehead atoms. The van der Waals surface area contributed by atoms with Crippen molar-refractivity contribution in [3.05, 3.63) is 25.3 Å². The molecule has 0 saturated heterocycles. The smallest absolute Gasteiger partial charge is 0.0843 e. The van der Waals surface area contributed by atoms with Gasteiger partial charge in [0, 0.05) is 13.2 Å². The minimum absolute atomic E-state index is 0.251. The van der Waals surface area contributed by atoms with Crippen molar-refractivity contribution in [1.82, 2.24) is 0 Å². The average Bonchev–Trinajstić information content (AvgIpc) is 2.48. The van der Waals surface area contributed by atoms with Crippen molar-refractivity contribution >= 4 is 0 Å². The van der Waals surface area contributed by atoms with Gasteiger partial charge in [-0.3, -0.25) is 0 Å². The second-order valence-electron chi connectivity index (χ2n) is 6.20. The van der Waals surface area contributed by atoms with E-state index in [2.05, 4.69) is 27.0 Å². The molecule has 0 rings (SSSR count). The molecule has 0 aromatic carbocycles. The molecule has 0 radical (unpaired) electrons. The largest absolute Gasteiger partial charge is 0.396 e. The zero-order chi connectivity index (χ0) is 16.2. The molecule has 21 heavy (non-hydrogen) atoms. The van der Waals surface area contributed by atoms with E-state index in [1.165, 1.54) is 0 Å². The first kappa shape index (κ1) is 20.4. The Balaban J connectivity index is 4.42. The molecule has 0 aliphatic carbocycles. The van der Waals surface area contributed by atoms with Gasteiger partial charge in [-0.05, 0) is 39.5 Å². The monoisotopic (exact) mass is 298 g/mol. The lowest BCUT2D eigenvalue weighted by atomic mass is 9.93. The Morgan fingerprint density at radius 1 is 0.762 bits per heavy atom. The van der Waals surface area contributed by atoms with Crippen LogP contribution in [-0.4, -0.2) is 34.6 Å². The van der Waals surface area contributed by atoms with Gasteiger partial charge >= 0.3 is 0 Å². The lowest BCUT2D eigenvalue weighted by Gasteiger charge is -2.37. The van der Waals surface area contributed by atoms with Crippen molar-refractivity contribution in [3.63, 3.8) is 0 Å². The van der Waals surface area contributed by atoms with Gasteiger partial charge in [-0.25, -0.2) is 0 Å². The van der Waals surface area contributed by atoms with Crippen molar-refractivity contribution in [1.29, 1.82) is 0 Å². The molecule has 0 aliphatic heterocycles. The summed E-state index contributed by atoms with van der Waals surface area (Å²) in [6.07, 6.45) is 11.3. The molecule has 0 aromatic heterocycles. The van der Waals surface area contributed by atoms with Gasteiger partial charge in [0.15, 0.2) is 0 Å². The van der Waals surface area contributed by atoms with Crippen LogP contribution in [0.4, 0.5) is 0 Å². The summed E-state index contributed by atoms with van der Waals surface area (Å²) in [5, 5.41) is 17.7. The average molecular weight is 298 g/mol. The molecule has 0 saturated carbocycles. The Hall–Kier alpha value is -0.640. The maximum absolute atomic E-state index is 8.84. The molecule has 0 spiro atoms. The molecular formula is C18H34O3. The number of ether oxygens (including phenoxy) is 1. The van der Waals surface area contributed by atoms with Gasteiger partial charge in [0.25, 0.3) is 0 Å². The van der Waals surface area contributed by atoms with Crippen LogP contribution in [0.1, 0.15) is 65.2 Å². The van der Waals surface area contributed by atoms with E-state index in [0.29, 0.717) is 0 Å². The SMILES string of the molecule is C=CC(C)(CCCCCO)OC(C)(C=C)CCCCCO. The molecule has 3 nitrogen and oxygen atoms in total. The number of aliphatic hydroxyl groups excluding tert-OH is 2. The first-order chi connectivity index (χ1) is 9.95. The standard InChI is InChI=1S/C18H34O3/c1-5-17(3,13-9-7-11-15-19)21-18(4,6-2)14-10-8-12-16-20/h5-6,19-20H,1-2,7-16H2,3-4H3. The number of rotatable bonds is 14. The van der Waals surface area contributed by atoms with Gasteiger partial charge in [0.1, 0.15) is 0 Å². The van der Waals surface area contributed by atoms with Crippen molar-refractivity contribution in [2.45, 2.75) is 76.4 Å². The maximum atomic E-state index is 8.84. The fourth-order valence-corrected chi connectivity index (χ4v) is 2.45. The highest BCUT2D eigenvalue weighted by atomic mass is 16.5. The van der Waals surface area contributed by atoms with E-state index < -0.39 is 0 Å². The van der Waals surface area contributed by atoms with E-state index in [4.69, 9.17) is 14.9 Å². The molecule has 124 valence electrons. The first-order valence-corrected chi connectivity index (χ1v) is 8.14. The molecule has 0 aromatic rings. The Bertz CT molecular complexity index is 262. The zero-order valence-electron chi connectivity index (χ0n) is 13.9. The van der Waals surface area contributed by atoms with Crippen LogP contribution in [0.2, 0.25) is 0 Å². The third-order valence-corrected chi connectivity index (χ3v) is 3.99. The van der Waals surface area contributed by atoms with Gasteiger partial charge in [0.05, 0.1) is 11.2 Å². The third-order valence-electron chi connectivity index (χ3n) is 3.99. The van der Waals surface area contributed by atoms with Gasteiger partial charge in [-0.1, -0.05) is 37.8 Å². The Morgan fingerprint density at radius 3 is 1.43 bits per heavy atom. The normalized spacial score (nSPS) is 17.0. The Kier molecular flexibility index (Phi) is 10.7. The Labute approximate surface area is 130 Å². The minimum Gasteiger partial charge on any atom is -0.396 e. The summed E-state index contributed by atoms with van der Waals surface area (Å²) in [5.41, 5.74) is -0.731. The lowest BCUT2D eigenvalue weighted by molar-refractivity contribution is -0.0977. The van der Waals surface area contributed by atoms with E-state index in [1.54, 1.807) is 0 Å². The van der Waals surface area contributed by atoms with E-state index in [9.17, 15) is 0 Å².